The van der Waals surface area contributed by atoms with Crippen molar-refractivity contribution >= 4 is 11.2 Å². The van der Waals surface area contributed by atoms with Crippen molar-refractivity contribution in [2.75, 3.05) is 26.7 Å². The average molecular weight is 447 g/mol. The van der Waals surface area contributed by atoms with Crippen molar-refractivity contribution in [2.24, 2.45) is 24.8 Å². The third-order valence-electron chi connectivity index (χ3n) is 6.87. The second-order valence-corrected chi connectivity index (χ2v) is 9.11. The molecule has 0 amide bonds. The lowest BCUT2D eigenvalue weighted by Gasteiger charge is -2.23. The molecule has 1 aliphatic heterocycles. The van der Waals surface area contributed by atoms with Gasteiger partial charge >= 0.3 is 6.18 Å². The van der Waals surface area contributed by atoms with Gasteiger partial charge in [0.2, 0.25) is 0 Å². The highest BCUT2D eigenvalue weighted by atomic mass is 19.4. The maximum Gasteiger partial charge on any atom is 0.416 e. The quantitative estimate of drug-likeness (QED) is 0.537. The Hall–Kier alpha value is -2.52. The molecule has 1 aromatic carbocycles. The van der Waals surface area contributed by atoms with Gasteiger partial charge in [0, 0.05) is 39.4 Å². The zero-order chi connectivity index (χ0) is 22.6. The fourth-order valence-electron chi connectivity index (χ4n) is 5.23. The number of hydrogen-bond acceptors (Lipinski definition) is 4. The first-order valence-electron chi connectivity index (χ1n) is 10.7. The van der Waals surface area contributed by atoms with Crippen LogP contribution in [0.2, 0.25) is 0 Å². The molecule has 0 radical (unpaired) electrons. The molecule has 3 aromatic rings. The van der Waals surface area contributed by atoms with E-state index in [9.17, 15) is 17.6 Å². The summed E-state index contributed by atoms with van der Waals surface area (Å²) in [6.45, 7) is 3.49. The van der Waals surface area contributed by atoms with Crippen LogP contribution in [0, 0.1) is 23.6 Å². The summed E-state index contributed by atoms with van der Waals surface area (Å²) in [5.41, 5.74) is 0.999. The smallest absolute Gasteiger partial charge is 0.315 e. The van der Waals surface area contributed by atoms with E-state index in [0.717, 1.165) is 54.8 Å². The maximum absolute atomic E-state index is 13.6. The number of benzene rings is 1. The van der Waals surface area contributed by atoms with Crippen molar-refractivity contribution in [2.45, 2.75) is 19.3 Å². The van der Waals surface area contributed by atoms with E-state index in [1.807, 2.05) is 35.7 Å². The Kier molecular flexibility index (Phi) is 5.21. The molecule has 1 unspecified atom stereocenters. The fraction of sp³-hybridized carbons (Fsp3) is 0.478. The highest BCUT2D eigenvalue weighted by molar-refractivity contribution is 5.70. The molecular formula is C23H25F4N5. The molecule has 5 rings (SSSR count). The monoisotopic (exact) mass is 447 g/mol. The minimum Gasteiger partial charge on any atom is -0.315 e. The van der Waals surface area contributed by atoms with Crippen LogP contribution in [0.15, 0.2) is 36.5 Å². The topological polar surface area (TPSA) is 37.2 Å². The number of rotatable bonds is 6. The molecule has 2 aromatic heterocycles. The summed E-state index contributed by atoms with van der Waals surface area (Å²) < 4.78 is 55.4. The number of aryl methyl sites for hydroxylation is 1. The largest absolute Gasteiger partial charge is 0.416 e. The Morgan fingerprint density at radius 1 is 1.16 bits per heavy atom. The molecule has 32 heavy (non-hydrogen) atoms. The van der Waals surface area contributed by atoms with Crippen molar-refractivity contribution in [3.05, 3.63) is 59.3 Å². The molecule has 0 spiro atoms. The first-order valence-corrected chi connectivity index (χ1v) is 10.7. The van der Waals surface area contributed by atoms with E-state index in [2.05, 4.69) is 9.88 Å². The van der Waals surface area contributed by atoms with E-state index in [4.69, 9.17) is 4.98 Å². The van der Waals surface area contributed by atoms with Gasteiger partial charge < -0.3 is 9.47 Å². The second kappa shape index (κ2) is 7.81. The molecular weight excluding hydrogens is 422 g/mol. The van der Waals surface area contributed by atoms with Gasteiger partial charge in [-0.2, -0.15) is 13.2 Å². The highest BCUT2D eigenvalue weighted by Gasteiger charge is 2.55. The number of imidazole rings is 1. The van der Waals surface area contributed by atoms with Gasteiger partial charge in [0.15, 0.2) is 5.65 Å². The van der Waals surface area contributed by atoms with E-state index in [-0.39, 0.29) is 12.1 Å². The Bertz CT molecular complexity index is 1130. The van der Waals surface area contributed by atoms with Crippen LogP contribution < -0.4 is 0 Å². The molecule has 3 heterocycles. The van der Waals surface area contributed by atoms with Crippen molar-refractivity contribution in [3.63, 3.8) is 0 Å². The lowest BCUT2D eigenvalue weighted by molar-refractivity contribution is -0.138. The van der Waals surface area contributed by atoms with Crippen LogP contribution in [0.4, 0.5) is 17.6 Å². The first kappa shape index (κ1) is 21.3. The number of likely N-dealkylation sites (tertiary alicyclic amines) is 1. The zero-order valence-electron chi connectivity index (χ0n) is 18.0. The Balaban J connectivity index is 1.17. The van der Waals surface area contributed by atoms with Gasteiger partial charge in [0.05, 0.1) is 12.1 Å². The number of halogens is 4. The number of alkyl halides is 3. The Morgan fingerprint density at radius 3 is 2.59 bits per heavy atom. The molecule has 5 nitrogen and oxygen atoms in total. The van der Waals surface area contributed by atoms with Crippen LogP contribution in [0.3, 0.4) is 0 Å². The number of nitrogens with zero attached hydrogens (tertiary/aromatic N) is 5. The van der Waals surface area contributed by atoms with E-state index in [1.165, 1.54) is 0 Å². The van der Waals surface area contributed by atoms with E-state index < -0.39 is 17.6 Å². The summed E-state index contributed by atoms with van der Waals surface area (Å²) in [4.78, 5) is 13.4. The minimum atomic E-state index is -4.48. The Morgan fingerprint density at radius 2 is 1.91 bits per heavy atom. The molecule has 1 saturated heterocycles. The summed E-state index contributed by atoms with van der Waals surface area (Å²) in [6.07, 6.45) is -2.72. The fourth-order valence-corrected chi connectivity index (χ4v) is 5.23. The predicted molar refractivity (Wildman–Crippen MR) is 112 cm³/mol. The zero-order valence-corrected chi connectivity index (χ0v) is 18.0. The molecule has 0 N–H and O–H groups in total. The van der Waals surface area contributed by atoms with Gasteiger partial charge in [-0.05, 0) is 60.7 Å². The molecule has 170 valence electrons. The summed E-state index contributed by atoms with van der Waals surface area (Å²) in [5.74, 6) is 1.93. The lowest BCUT2D eigenvalue weighted by atomic mass is 10.1. The lowest BCUT2D eigenvalue weighted by Crippen LogP contribution is -2.29. The van der Waals surface area contributed by atoms with Gasteiger partial charge in [-0.15, -0.1) is 0 Å². The van der Waals surface area contributed by atoms with Gasteiger partial charge in [-0.1, -0.05) is 0 Å². The Labute approximate surface area is 183 Å². The minimum absolute atomic E-state index is 0.0112. The van der Waals surface area contributed by atoms with Gasteiger partial charge in [0.1, 0.15) is 17.2 Å². The SMILES string of the molecule is CN(Cc1cc(F)ccc1C(F)(F)F)CC1[C@H]2CN(Cc3nc4cccnc4n3C)C[C@@H]12. The van der Waals surface area contributed by atoms with Crippen LogP contribution in [0.1, 0.15) is 17.0 Å². The molecule has 2 aliphatic rings. The van der Waals surface area contributed by atoms with Gasteiger partial charge in [0.25, 0.3) is 0 Å². The van der Waals surface area contributed by atoms with Crippen molar-refractivity contribution in [1.29, 1.82) is 0 Å². The third-order valence-corrected chi connectivity index (χ3v) is 6.87. The van der Waals surface area contributed by atoms with Crippen LogP contribution in [-0.4, -0.2) is 51.0 Å². The van der Waals surface area contributed by atoms with Crippen LogP contribution in [0.5, 0.6) is 0 Å². The van der Waals surface area contributed by atoms with E-state index >= 15 is 0 Å². The second-order valence-electron chi connectivity index (χ2n) is 9.11. The summed E-state index contributed by atoms with van der Waals surface area (Å²) in [5, 5.41) is 0. The molecule has 1 saturated carbocycles. The number of fused-ring (bicyclic) bond motifs is 2. The van der Waals surface area contributed by atoms with Crippen LogP contribution in [0.25, 0.3) is 11.2 Å². The number of pyridine rings is 1. The van der Waals surface area contributed by atoms with Crippen LogP contribution in [-0.2, 0) is 26.3 Å². The standard InChI is InChI=1S/C23H25F4N5/c1-30(9-14-8-15(24)5-6-19(14)23(25,26)27)10-16-17-11-32(12-18(16)17)13-21-29-20-4-3-7-28-22(20)31(21)2/h3-8,16-18H,9-13H2,1-2H3/t16?,17-,18+. The van der Waals surface area contributed by atoms with Gasteiger partial charge in [-0.25, -0.2) is 14.4 Å². The maximum atomic E-state index is 13.6. The number of piperidine rings is 1. The summed E-state index contributed by atoms with van der Waals surface area (Å²) in [7, 11) is 3.79. The molecule has 2 fully saturated rings. The van der Waals surface area contributed by atoms with E-state index in [1.54, 1.807) is 6.20 Å². The van der Waals surface area contributed by atoms with Crippen LogP contribution >= 0.6 is 0 Å². The van der Waals surface area contributed by atoms with Crippen molar-refractivity contribution < 1.29 is 17.6 Å². The molecule has 9 heteroatoms. The highest BCUT2D eigenvalue weighted by Crippen LogP contribution is 2.52. The molecule has 0 bridgehead atoms. The van der Waals surface area contributed by atoms with E-state index in [0.29, 0.717) is 24.3 Å². The molecule has 3 atom stereocenters. The number of hydrogen-bond donors (Lipinski definition) is 0. The van der Waals surface area contributed by atoms with Gasteiger partial charge in [-0.3, -0.25) is 4.90 Å². The van der Waals surface area contributed by atoms with Crippen molar-refractivity contribution in [1.82, 2.24) is 24.3 Å². The summed E-state index contributed by atoms with van der Waals surface area (Å²) >= 11 is 0. The average Bonchev–Trinajstić information content (AvgIpc) is 3.05. The normalized spacial score (nSPS) is 23.3. The number of aromatic nitrogens is 3. The first-order chi connectivity index (χ1) is 15.2. The van der Waals surface area contributed by atoms with Crippen molar-refractivity contribution in [3.8, 4) is 0 Å². The summed E-state index contributed by atoms with van der Waals surface area (Å²) in [6, 6.07) is 6.54. The molecule has 1 aliphatic carbocycles. The third kappa shape index (κ3) is 3.99. The predicted octanol–water partition coefficient (Wildman–Crippen LogP) is 3.94.